The zero-order chi connectivity index (χ0) is 27.7. The van der Waals surface area contributed by atoms with Gasteiger partial charge in [-0.25, -0.2) is 8.42 Å². The summed E-state index contributed by atoms with van der Waals surface area (Å²) in [6.07, 6.45) is 0.749. The molecule has 0 unspecified atom stereocenters. The Hall–Kier alpha value is -3.85. The molecule has 202 valence electrons. The Kier molecular flexibility index (Phi) is 9.90. The number of aryl methyl sites for hydroxylation is 1. The molecule has 0 aliphatic rings. The Morgan fingerprint density at radius 3 is 2.32 bits per heavy atom. The summed E-state index contributed by atoms with van der Waals surface area (Å²) in [7, 11) is -2.53. The highest BCUT2D eigenvalue weighted by Gasteiger charge is 2.33. The number of hydrogen-bond donors (Lipinski definition) is 1. The summed E-state index contributed by atoms with van der Waals surface area (Å²) >= 11 is 0. The number of hydrogen-bond acceptors (Lipinski definition) is 5. The number of rotatable bonds is 12. The van der Waals surface area contributed by atoms with Gasteiger partial charge < -0.3 is 15.0 Å². The summed E-state index contributed by atoms with van der Waals surface area (Å²) in [5, 5.41) is 2.84. The number of carbonyl (C=O) groups excluding carboxylic acids is 2. The average molecular weight is 538 g/mol. The second kappa shape index (κ2) is 13.1. The van der Waals surface area contributed by atoms with E-state index >= 15 is 0 Å². The lowest BCUT2D eigenvalue weighted by Crippen LogP contribution is -2.51. The molecule has 0 spiro atoms. The third-order valence-corrected chi connectivity index (χ3v) is 7.97. The van der Waals surface area contributed by atoms with Crippen LogP contribution in [0.25, 0.3) is 0 Å². The lowest BCUT2D eigenvalue weighted by atomic mass is 10.1. The molecule has 3 rings (SSSR count). The Balaban J connectivity index is 2.02. The van der Waals surface area contributed by atoms with Crippen LogP contribution in [0.2, 0.25) is 0 Å². The normalized spacial score (nSPS) is 11.9. The lowest BCUT2D eigenvalue weighted by Gasteiger charge is -2.32. The van der Waals surface area contributed by atoms with Gasteiger partial charge in [0, 0.05) is 13.1 Å². The van der Waals surface area contributed by atoms with Crippen LogP contribution in [0.4, 0.5) is 5.69 Å². The van der Waals surface area contributed by atoms with Crippen molar-refractivity contribution in [3.05, 3.63) is 90.0 Å². The third-order valence-electron chi connectivity index (χ3n) is 6.20. The van der Waals surface area contributed by atoms with Crippen molar-refractivity contribution in [3.63, 3.8) is 0 Å². The first-order valence-corrected chi connectivity index (χ1v) is 14.0. The van der Waals surface area contributed by atoms with Gasteiger partial charge in [0.2, 0.25) is 11.8 Å². The van der Waals surface area contributed by atoms with Crippen molar-refractivity contribution >= 4 is 27.5 Å². The van der Waals surface area contributed by atoms with Crippen LogP contribution >= 0.6 is 0 Å². The highest BCUT2D eigenvalue weighted by molar-refractivity contribution is 7.92. The van der Waals surface area contributed by atoms with E-state index in [1.54, 1.807) is 75.6 Å². The minimum absolute atomic E-state index is 0.0733. The van der Waals surface area contributed by atoms with Crippen molar-refractivity contribution in [1.82, 2.24) is 10.2 Å². The van der Waals surface area contributed by atoms with Crippen LogP contribution in [-0.2, 0) is 26.2 Å². The second-order valence-corrected chi connectivity index (χ2v) is 10.8. The molecule has 0 aliphatic carbocycles. The number of nitrogens with one attached hydrogen (secondary N) is 1. The van der Waals surface area contributed by atoms with Gasteiger partial charge in [-0.15, -0.1) is 0 Å². The summed E-state index contributed by atoms with van der Waals surface area (Å²) in [4.78, 5) is 28.3. The van der Waals surface area contributed by atoms with E-state index in [9.17, 15) is 18.0 Å². The Bertz CT molecular complexity index is 1350. The van der Waals surface area contributed by atoms with Crippen LogP contribution < -0.4 is 14.4 Å². The van der Waals surface area contributed by atoms with Crippen molar-refractivity contribution < 1.29 is 22.7 Å². The fraction of sp³-hybridized carbons (Fsp3) is 0.310. The maximum atomic E-state index is 13.9. The molecule has 0 aliphatic heterocycles. The zero-order valence-corrected chi connectivity index (χ0v) is 23.1. The summed E-state index contributed by atoms with van der Waals surface area (Å²) < 4.78 is 34.0. The van der Waals surface area contributed by atoms with E-state index < -0.39 is 28.5 Å². The number of para-hydroxylation sites is 1. The van der Waals surface area contributed by atoms with E-state index in [0.29, 0.717) is 23.5 Å². The fourth-order valence-corrected chi connectivity index (χ4v) is 5.52. The van der Waals surface area contributed by atoms with Crippen LogP contribution in [0, 0.1) is 6.92 Å². The van der Waals surface area contributed by atoms with E-state index in [2.05, 4.69) is 5.32 Å². The van der Waals surface area contributed by atoms with E-state index in [4.69, 9.17) is 4.74 Å². The molecule has 3 aromatic rings. The molecule has 0 aromatic heterocycles. The topological polar surface area (TPSA) is 96.0 Å². The number of ether oxygens (including phenoxy) is 1. The first-order chi connectivity index (χ1) is 18.2. The summed E-state index contributed by atoms with van der Waals surface area (Å²) in [6.45, 7) is 5.48. The Morgan fingerprint density at radius 2 is 1.66 bits per heavy atom. The molecule has 2 amide bonds. The van der Waals surface area contributed by atoms with Gasteiger partial charge in [-0.05, 0) is 61.7 Å². The molecular weight excluding hydrogens is 502 g/mol. The van der Waals surface area contributed by atoms with Crippen molar-refractivity contribution in [2.75, 3.05) is 24.5 Å². The van der Waals surface area contributed by atoms with Crippen LogP contribution in [0.3, 0.4) is 0 Å². The first kappa shape index (κ1) is 28.7. The summed E-state index contributed by atoms with van der Waals surface area (Å²) in [5.41, 5.74) is 1.85. The number of sulfonamides is 1. The summed E-state index contributed by atoms with van der Waals surface area (Å²) in [6, 6.07) is 21.4. The standard InChI is InChI=1S/C29H35N3O5S/c1-5-18-30-29(34)23(3)31(20-24-13-11-14-25(19-24)37-4)28(33)21-32(27-17-10-9-12-22(27)2)38(35,36)26-15-7-6-8-16-26/h6-17,19,23H,5,18,20-21H2,1-4H3,(H,30,34)/t23-/m0/s1. The maximum absolute atomic E-state index is 13.9. The number of nitrogens with zero attached hydrogens (tertiary/aromatic N) is 2. The fourth-order valence-electron chi connectivity index (χ4n) is 4.02. The number of amides is 2. The monoisotopic (exact) mass is 537 g/mol. The summed E-state index contributed by atoms with van der Waals surface area (Å²) in [5.74, 6) is -0.197. The average Bonchev–Trinajstić information content (AvgIpc) is 2.93. The van der Waals surface area contributed by atoms with Crippen LogP contribution in [0.5, 0.6) is 5.75 Å². The van der Waals surface area contributed by atoms with E-state index in [1.807, 2.05) is 19.1 Å². The molecule has 0 bridgehead atoms. The van der Waals surface area contributed by atoms with Gasteiger partial charge >= 0.3 is 0 Å². The smallest absolute Gasteiger partial charge is 0.264 e. The molecule has 8 nitrogen and oxygen atoms in total. The highest BCUT2D eigenvalue weighted by atomic mass is 32.2. The number of carbonyl (C=O) groups is 2. The quantitative estimate of drug-likeness (QED) is 0.375. The molecule has 1 N–H and O–H groups in total. The molecule has 0 fully saturated rings. The van der Waals surface area contributed by atoms with Gasteiger partial charge in [-0.3, -0.25) is 13.9 Å². The first-order valence-electron chi connectivity index (χ1n) is 12.5. The Morgan fingerprint density at radius 1 is 0.974 bits per heavy atom. The van der Waals surface area contributed by atoms with E-state index in [0.717, 1.165) is 16.3 Å². The number of anilines is 1. The largest absolute Gasteiger partial charge is 0.497 e. The molecule has 0 heterocycles. The molecule has 0 saturated heterocycles. The van der Waals surface area contributed by atoms with Crippen molar-refractivity contribution in [2.45, 2.75) is 44.7 Å². The highest BCUT2D eigenvalue weighted by Crippen LogP contribution is 2.27. The molecule has 38 heavy (non-hydrogen) atoms. The third kappa shape index (κ3) is 6.92. The van der Waals surface area contributed by atoms with Crippen molar-refractivity contribution in [3.8, 4) is 5.75 Å². The van der Waals surface area contributed by atoms with Gasteiger partial charge in [0.05, 0.1) is 17.7 Å². The predicted molar refractivity (Wildman–Crippen MR) is 148 cm³/mol. The molecular formula is C29H35N3O5S. The van der Waals surface area contributed by atoms with Gasteiger partial charge in [0.1, 0.15) is 18.3 Å². The molecule has 0 saturated carbocycles. The minimum Gasteiger partial charge on any atom is -0.497 e. The van der Waals surface area contributed by atoms with Crippen LogP contribution in [0.15, 0.2) is 83.8 Å². The van der Waals surface area contributed by atoms with Crippen LogP contribution in [0.1, 0.15) is 31.4 Å². The van der Waals surface area contributed by atoms with Gasteiger partial charge in [0.25, 0.3) is 10.0 Å². The maximum Gasteiger partial charge on any atom is 0.264 e. The zero-order valence-electron chi connectivity index (χ0n) is 22.3. The Labute approximate surface area is 225 Å². The molecule has 1 atom stereocenters. The van der Waals surface area contributed by atoms with Crippen molar-refractivity contribution in [1.29, 1.82) is 0 Å². The van der Waals surface area contributed by atoms with Gasteiger partial charge in [-0.1, -0.05) is 55.5 Å². The number of benzene rings is 3. The van der Waals surface area contributed by atoms with Gasteiger partial charge in [-0.2, -0.15) is 0 Å². The predicted octanol–water partition coefficient (Wildman–Crippen LogP) is 4.14. The molecule has 0 radical (unpaired) electrons. The molecule has 9 heteroatoms. The molecule has 3 aromatic carbocycles. The van der Waals surface area contributed by atoms with E-state index in [-0.39, 0.29) is 17.3 Å². The van der Waals surface area contributed by atoms with Gasteiger partial charge in [0.15, 0.2) is 0 Å². The second-order valence-electron chi connectivity index (χ2n) is 8.95. The SMILES string of the molecule is CCCNC(=O)[C@H](C)N(Cc1cccc(OC)c1)C(=O)CN(c1ccccc1C)S(=O)(=O)c1ccccc1. The van der Waals surface area contributed by atoms with Crippen LogP contribution in [-0.4, -0.2) is 51.4 Å². The number of methoxy groups -OCH3 is 1. The lowest BCUT2D eigenvalue weighted by molar-refractivity contribution is -0.139. The van der Waals surface area contributed by atoms with E-state index in [1.165, 1.54) is 17.0 Å². The van der Waals surface area contributed by atoms with Crippen molar-refractivity contribution in [2.24, 2.45) is 0 Å². The minimum atomic E-state index is -4.08.